The number of anilines is 4. The molecule has 2 N–H and O–H groups in total. The molecule has 7 heteroatoms. The highest BCUT2D eigenvalue weighted by atomic mass is 19.1. The first kappa shape index (κ1) is 17.8. The van der Waals surface area contributed by atoms with Gasteiger partial charge >= 0.3 is 0 Å². The van der Waals surface area contributed by atoms with Gasteiger partial charge in [0.25, 0.3) is 0 Å². The normalized spacial score (nSPS) is 14.3. The monoisotopic (exact) mass is 376 g/mol. The van der Waals surface area contributed by atoms with Crippen LogP contribution in [0, 0.1) is 5.82 Å². The minimum absolute atomic E-state index is 0.0378. The molecule has 1 fully saturated rings. The molecule has 0 saturated heterocycles. The SMILES string of the molecule is O=C1CCC(=O)C1c1ccc(Nc2ncc(F)c(Nc3ccccc3)n2)cc1. The summed E-state index contributed by atoms with van der Waals surface area (Å²) in [6.45, 7) is 0. The third kappa shape index (κ3) is 3.73. The van der Waals surface area contributed by atoms with Gasteiger partial charge in [0.1, 0.15) is 17.5 Å². The lowest BCUT2D eigenvalue weighted by Gasteiger charge is -2.11. The van der Waals surface area contributed by atoms with Crippen LogP contribution in [0.2, 0.25) is 0 Å². The highest BCUT2D eigenvalue weighted by Gasteiger charge is 2.33. The Morgan fingerprint density at radius 3 is 2.18 bits per heavy atom. The topological polar surface area (TPSA) is 84.0 Å². The molecular weight excluding hydrogens is 359 g/mol. The number of nitrogens with one attached hydrogen (secondary N) is 2. The molecule has 0 amide bonds. The zero-order valence-corrected chi connectivity index (χ0v) is 14.9. The summed E-state index contributed by atoms with van der Waals surface area (Å²) in [6, 6.07) is 16.1. The van der Waals surface area contributed by atoms with Gasteiger partial charge in [0.2, 0.25) is 5.95 Å². The minimum atomic E-state index is -0.655. The Bertz CT molecular complexity index is 1010. The molecule has 0 spiro atoms. The molecule has 1 heterocycles. The Hall–Kier alpha value is -3.61. The number of ketones is 2. The van der Waals surface area contributed by atoms with Crippen molar-refractivity contribution in [2.45, 2.75) is 18.8 Å². The van der Waals surface area contributed by atoms with Crippen molar-refractivity contribution in [3.05, 3.63) is 72.2 Å². The minimum Gasteiger partial charge on any atom is -0.338 e. The maximum atomic E-state index is 14.0. The molecule has 1 aliphatic carbocycles. The molecule has 1 aliphatic rings. The van der Waals surface area contributed by atoms with Crippen LogP contribution in [-0.4, -0.2) is 21.5 Å². The van der Waals surface area contributed by atoms with Crippen LogP contribution in [0.1, 0.15) is 24.3 Å². The van der Waals surface area contributed by atoms with E-state index in [1.54, 1.807) is 36.4 Å². The van der Waals surface area contributed by atoms with Gasteiger partial charge in [0.15, 0.2) is 11.6 Å². The van der Waals surface area contributed by atoms with E-state index in [1.165, 1.54) is 0 Å². The average Bonchev–Trinajstić information content (AvgIpc) is 3.04. The number of Topliss-reactive ketones (excluding diaryl/α,β-unsaturated/α-hetero) is 2. The van der Waals surface area contributed by atoms with E-state index >= 15 is 0 Å². The van der Waals surface area contributed by atoms with Gasteiger partial charge in [-0.2, -0.15) is 4.98 Å². The quantitative estimate of drug-likeness (QED) is 0.652. The Balaban J connectivity index is 1.50. The zero-order valence-electron chi connectivity index (χ0n) is 14.9. The predicted molar refractivity (Wildman–Crippen MR) is 103 cm³/mol. The van der Waals surface area contributed by atoms with Gasteiger partial charge in [0, 0.05) is 24.2 Å². The first-order valence-corrected chi connectivity index (χ1v) is 8.87. The fraction of sp³-hybridized carbons (Fsp3) is 0.143. The number of halogens is 1. The number of aromatic nitrogens is 2. The molecule has 3 aromatic rings. The number of nitrogens with zero attached hydrogens (tertiary/aromatic N) is 2. The fourth-order valence-corrected chi connectivity index (χ4v) is 3.15. The van der Waals surface area contributed by atoms with Crippen molar-refractivity contribution in [2.24, 2.45) is 0 Å². The van der Waals surface area contributed by atoms with E-state index in [0.717, 1.165) is 6.20 Å². The van der Waals surface area contributed by atoms with Crippen LogP contribution in [0.25, 0.3) is 0 Å². The molecule has 2 aromatic carbocycles. The van der Waals surface area contributed by atoms with Crippen molar-refractivity contribution in [3.63, 3.8) is 0 Å². The summed E-state index contributed by atoms with van der Waals surface area (Å²) in [5.74, 6) is -1.02. The Labute approximate surface area is 160 Å². The summed E-state index contributed by atoms with van der Waals surface area (Å²) in [5.41, 5.74) is 2.06. The molecule has 0 aliphatic heterocycles. The van der Waals surface area contributed by atoms with Crippen LogP contribution in [0.3, 0.4) is 0 Å². The van der Waals surface area contributed by atoms with E-state index in [4.69, 9.17) is 0 Å². The molecule has 6 nitrogen and oxygen atoms in total. The van der Waals surface area contributed by atoms with E-state index in [0.29, 0.717) is 29.8 Å². The van der Waals surface area contributed by atoms with Gasteiger partial charge in [0.05, 0.1) is 6.20 Å². The Morgan fingerprint density at radius 2 is 1.50 bits per heavy atom. The Kier molecular flexibility index (Phi) is 4.80. The zero-order chi connectivity index (χ0) is 19.5. The predicted octanol–water partition coefficient (Wildman–Crippen LogP) is 4.12. The maximum Gasteiger partial charge on any atom is 0.229 e. The lowest BCUT2D eigenvalue weighted by molar-refractivity contribution is -0.123. The van der Waals surface area contributed by atoms with Crippen molar-refractivity contribution in [3.8, 4) is 0 Å². The second-order valence-corrected chi connectivity index (χ2v) is 6.49. The first-order chi connectivity index (χ1) is 13.6. The molecule has 1 saturated carbocycles. The summed E-state index contributed by atoms with van der Waals surface area (Å²) in [5, 5.41) is 5.91. The number of benzene rings is 2. The van der Waals surface area contributed by atoms with Crippen LogP contribution in [0.5, 0.6) is 0 Å². The van der Waals surface area contributed by atoms with E-state index in [1.807, 2.05) is 18.2 Å². The summed E-state index contributed by atoms with van der Waals surface area (Å²) in [4.78, 5) is 31.9. The summed E-state index contributed by atoms with van der Waals surface area (Å²) in [7, 11) is 0. The third-order valence-corrected chi connectivity index (χ3v) is 4.54. The van der Waals surface area contributed by atoms with Crippen LogP contribution < -0.4 is 10.6 Å². The summed E-state index contributed by atoms with van der Waals surface area (Å²) in [6.07, 6.45) is 1.71. The van der Waals surface area contributed by atoms with Crippen LogP contribution in [0.4, 0.5) is 27.5 Å². The summed E-state index contributed by atoms with van der Waals surface area (Å²) >= 11 is 0. The number of carbonyl (C=O) groups excluding carboxylic acids is 2. The largest absolute Gasteiger partial charge is 0.338 e. The molecule has 0 unspecified atom stereocenters. The molecular formula is C21H17FN4O2. The number of hydrogen-bond donors (Lipinski definition) is 2. The smallest absolute Gasteiger partial charge is 0.229 e. The highest BCUT2D eigenvalue weighted by Crippen LogP contribution is 2.29. The molecule has 4 rings (SSSR count). The van der Waals surface area contributed by atoms with Crippen LogP contribution >= 0.6 is 0 Å². The second kappa shape index (κ2) is 7.56. The molecule has 0 bridgehead atoms. The van der Waals surface area contributed by atoms with Crippen molar-refractivity contribution in [2.75, 3.05) is 10.6 Å². The molecule has 0 radical (unpaired) electrons. The molecule has 28 heavy (non-hydrogen) atoms. The van der Waals surface area contributed by atoms with E-state index in [2.05, 4.69) is 20.6 Å². The highest BCUT2D eigenvalue weighted by molar-refractivity contribution is 6.13. The van der Waals surface area contributed by atoms with Crippen molar-refractivity contribution >= 4 is 34.7 Å². The molecule has 140 valence electrons. The van der Waals surface area contributed by atoms with E-state index < -0.39 is 11.7 Å². The van der Waals surface area contributed by atoms with E-state index in [9.17, 15) is 14.0 Å². The second-order valence-electron chi connectivity index (χ2n) is 6.49. The number of carbonyl (C=O) groups is 2. The van der Waals surface area contributed by atoms with Gasteiger partial charge in [-0.25, -0.2) is 9.37 Å². The van der Waals surface area contributed by atoms with Gasteiger partial charge in [-0.05, 0) is 29.8 Å². The lowest BCUT2D eigenvalue weighted by atomic mass is 9.96. The van der Waals surface area contributed by atoms with Gasteiger partial charge < -0.3 is 10.6 Å². The van der Waals surface area contributed by atoms with Crippen LogP contribution in [0.15, 0.2) is 60.8 Å². The van der Waals surface area contributed by atoms with Crippen molar-refractivity contribution < 1.29 is 14.0 Å². The molecule has 0 atom stereocenters. The van der Waals surface area contributed by atoms with Crippen LogP contribution in [-0.2, 0) is 9.59 Å². The van der Waals surface area contributed by atoms with Crippen molar-refractivity contribution in [1.82, 2.24) is 9.97 Å². The van der Waals surface area contributed by atoms with Crippen molar-refractivity contribution in [1.29, 1.82) is 0 Å². The number of hydrogen-bond acceptors (Lipinski definition) is 6. The Morgan fingerprint density at radius 1 is 0.857 bits per heavy atom. The average molecular weight is 376 g/mol. The maximum absolute atomic E-state index is 14.0. The summed E-state index contributed by atoms with van der Waals surface area (Å²) < 4.78 is 14.0. The third-order valence-electron chi connectivity index (χ3n) is 4.54. The van der Waals surface area contributed by atoms with Gasteiger partial charge in [-0.3, -0.25) is 9.59 Å². The van der Waals surface area contributed by atoms with E-state index in [-0.39, 0.29) is 23.3 Å². The lowest BCUT2D eigenvalue weighted by Crippen LogP contribution is -2.11. The van der Waals surface area contributed by atoms with Gasteiger partial charge in [-0.15, -0.1) is 0 Å². The number of rotatable bonds is 5. The van der Waals surface area contributed by atoms with Gasteiger partial charge in [-0.1, -0.05) is 30.3 Å². The fourth-order valence-electron chi connectivity index (χ4n) is 3.15. The molecule has 1 aromatic heterocycles. The number of para-hydroxylation sites is 1. The first-order valence-electron chi connectivity index (χ1n) is 8.87. The standard InChI is InChI=1S/C21H17FN4O2/c22-16-12-23-21(26-20(16)24-14-4-2-1-3-5-14)25-15-8-6-13(7-9-15)19-17(27)10-11-18(19)28/h1-9,12,19H,10-11H2,(H2,23,24,25,26).